The summed E-state index contributed by atoms with van der Waals surface area (Å²) in [6.45, 7) is 2.92. The lowest BCUT2D eigenvalue weighted by atomic mass is 11.2. The second-order valence-corrected chi connectivity index (χ2v) is 0.387. The van der Waals surface area contributed by atoms with Crippen molar-refractivity contribution in [2.75, 3.05) is 0 Å². The Kier molecular flexibility index (Phi) is 40.0. The molecule has 0 aromatic carbocycles. The maximum Gasteiger partial charge on any atom is 0.335 e. The van der Waals surface area contributed by atoms with Crippen molar-refractivity contribution in [3.05, 3.63) is 12.8 Å². The van der Waals surface area contributed by atoms with Crippen molar-refractivity contribution >= 4 is 11.6 Å². The maximum atomic E-state index is 8.29. The quantitative estimate of drug-likeness (QED) is 0.445. The molecule has 6 heavy (non-hydrogen) atoms. The van der Waals surface area contributed by atoms with Gasteiger partial charge in [0.2, 0.25) is 0 Å². The summed E-state index contributed by atoms with van der Waals surface area (Å²) in [5, 5.41) is 7.33. The summed E-state index contributed by atoms with van der Waals surface area (Å²) < 4.78 is 16.6. The van der Waals surface area contributed by atoms with Gasteiger partial charge in [-0.1, -0.05) is 6.58 Å². The van der Waals surface area contributed by atoms with E-state index in [1.807, 2.05) is 0 Å². The third-order valence-electron chi connectivity index (χ3n) is 0. The normalized spacial score (nSPS) is 4.00. The van der Waals surface area contributed by atoms with Gasteiger partial charge in [0, 0.05) is 0 Å². The van der Waals surface area contributed by atoms with E-state index >= 15 is 0 Å². The molecule has 0 spiro atoms. The van der Waals surface area contributed by atoms with Crippen LogP contribution in [0.5, 0.6) is 0 Å². The lowest BCUT2D eigenvalue weighted by Crippen LogP contribution is -1.25. The van der Waals surface area contributed by atoms with Gasteiger partial charge in [-0.05, 0) is 0 Å². The fraction of sp³-hybridized carbons (Fsp3) is 0. The lowest BCUT2D eigenvalue weighted by Gasteiger charge is -1.41. The van der Waals surface area contributed by atoms with Gasteiger partial charge in [-0.3, -0.25) is 0 Å². The van der Waals surface area contributed by atoms with Gasteiger partial charge < -0.3 is 5.11 Å². The Morgan fingerprint density at radius 3 is 1.67 bits per heavy atom. The Hall–Kier alpha value is -0.640. The molecule has 0 aromatic rings. The van der Waals surface area contributed by atoms with Crippen LogP contribution in [0.3, 0.4) is 0 Å². The molecule has 1 N–H and O–H groups in total. The summed E-state index contributed by atoms with van der Waals surface area (Å²) in [7, 11) is 0. The van der Waals surface area contributed by atoms with Crippen LogP contribution in [-0.2, 0) is 11.6 Å². The van der Waals surface area contributed by atoms with Gasteiger partial charge in [-0.25, -0.2) is 0 Å². The molecule has 0 saturated heterocycles. The van der Waals surface area contributed by atoms with Crippen LogP contribution in [0.15, 0.2) is 12.8 Å². The van der Waals surface area contributed by atoms with E-state index in [0.717, 1.165) is 6.26 Å². The highest BCUT2D eigenvalue weighted by Crippen LogP contribution is 1.26. The Balaban J connectivity index is 0. The first-order valence-electron chi connectivity index (χ1n) is 1.000. The second kappa shape index (κ2) is 26.6. The largest absolute Gasteiger partial charge is 0.516 e. The molecule has 0 fully saturated rings. The Morgan fingerprint density at radius 2 is 1.67 bits per heavy atom. The maximum absolute atomic E-state index is 8.29. The van der Waals surface area contributed by atoms with Crippen molar-refractivity contribution < 1.29 is 13.5 Å². The minimum absolute atomic E-state index is 0.750. The monoisotopic (exact) mass is 108 g/mol. The van der Waals surface area contributed by atoms with Crippen LogP contribution in [0, 0.1) is 0 Å². The zero-order valence-electron chi connectivity index (χ0n) is 2.96. The summed E-state index contributed by atoms with van der Waals surface area (Å²) in [6.07, 6.45) is 0.750. The van der Waals surface area contributed by atoms with Crippen LogP contribution in [0.2, 0.25) is 0 Å². The van der Waals surface area contributed by atoms with Crippen LogP contribution >= 0.6 is 0 Å². The van der Waals surface area contributed by atoms with E-state index in [4.69, 9.17) is 13.5 Å². The van der Waals surface area contributed by atoms with Crippen molar-refractivity contribution in [2.24, 2.45) is 0 Å². The van der Waals surface area contributed by atoms with Crippen molar-refractivity contribution in [3.63, 3.8) is 0 Å². The standard InChI is InChI=1S/C2H4O.O2S/c1-2-3;1-3-2/h2-3H,1H2;. The molecule has 0 radical (unpaired) electrons. The second-order valence-electron chi connectivity index (χ2n) is 0.251. The molecular formula is C2H4O3S. The number of hydrogen-bond donors (Lipinski definition) is 1. The Bertz CT molecular complexity index is 53.8. The zero-order chi connectivity index (χ0) is 5.41. The van der Waals surface area contributed by atoms with Crippen molar-refractivity contribution in [2.45, 2.75) is 0 Å². The predicted octanol–water partition coefficient (Wildman–Crippen LogP) is 0.0177. The molecule has 0 aliphatic carbocycles. The van der Waals surface area contributed by atoms with Crippen molar-refractivity contribution in [1.82, 2.24) is 0 Å². The lowest BCUT2D eigenvalue weighted by molar-refractivity contribution is 0.476. The van der Waals surface area contributed by atoms with E-state index in [-0.39, 0.29) is 0 Å². The van der Waals surface area contributed by atoms with E-state index in [9.17, 15) is 0 Å². The summed E-state index contributed by atoms with van der Waals surface area (Å²) in [5.74, 6) is 0. The molecule has 0 rings (SSSR count). The number of aliphatic hydroxyl groups excluding tert-OH is 1. The first kappa shape index (κ1) is 9.03. The highest BCUT2D eigenvalue weighted by Gasteiger charge is 1.12. The van der Waals surface area contributed by atoms with Crippen LogP contribution in [0.1, 0.15) is 0 Å². The number of rotatable bonds is 0. The third kappa shape index (κ3) is 45.7. The summed E-state index contributed by atoms with van der Waals surface area (Å²) >= 11 is -0.750. The Labute approximate surface area is 38.9 Å². The molecule has 0 aromatic heterocycles. The fourth-order valence-corrected chi connectivity index (χ4v) is 0. The van der Waals surface area contributed by atoms with Gasteiger partial charge >= 0.3 is 11.6 Å². The van der Waals surface area contributed by atoms with Gasteiger partial charge in [-0.15, -0.1) is 0 Å². The predicted molar refractivity (Wildman–Crippen MR) is 21.7 cm³/mol. The van der Waals surface area contributed by atoms with E-state index < -0.39 is 11.6 Å². The minimum Gasteiger partial charge on any atom is -0.516 e. The smallest absolute Gasteiger partial charge is 0.335 e. The fourth-order valence-electron chi connectivity index (χ4n) is 0. The minimum atomic E-state index is -0.750. The molecule has 0 bridgehead atoms. The number of hydrogen-bond acceptors (Lipinski definition) is 3. The number of aliphatic hydroxyl groups is 1. The van der Waals surface area contributed by atoms with E-state index in [0.29, 0.717) is 0 Å². The average molecular weight is 108 g/mol. The SMILES string of the molecule is C=CO.O=S=O. The first-order valence-corrected chi connectivity index (χ1v) is 1.67. The molecule has 4 heteroatoms. The van der Waals surface area contributed by atoms with Gasteiger partial charge in [0.1, 0.15) is 0 Å². The van der Waals surface area contributed by atoms with E-state index in [2.05, 4.69) is 6.58 Å². The highest BCUT2D eigenvalue weighted by atomic mass is 32.1. The molecule has 3 nitrogen and oxygen atoms in total. The highest BCUT2D eigenvalue weighted by molar-refractivity contribution is 7.51. The van der Waals surface area contributed by atoms with Crippen LogP contribution in [0.25, 0.3) is 0 Å². The molecule has 0 aliphatic heterocycles. The molecule has 36 valence electrons. The van der Waals surface area contributed by atoms with Crippen molar-refractivity contribution in [3.8, 4) is 0 Å². The summed E-state index contributed by atoms with van der Waals surface area (Å²) in [6, 6.07) is 0. The molecule has 0 saturated carbocycles. The van der Waals surface area contributed by atoms with Crippen molar-refractivity contribution in [1.29, 1.82) is 0 Å². The summed E-state index contributed by atoms with van der Waals surface area (Å²) in [5.41, 5.74) is 0. The van der Waals surface area contributed by atoms with Crippen LogP contribution in [0.4, 0.5) is 0 Å². The average Bonchev–Trinajstić information content (AvgIpc) is 1.39. The van der Waals surface area contributed by atoms with E-state index in [1.165, 1.54) is 0 Å². The molecule has 0 aliphatic rings. The first-order chi connectivity index (χ1) is 2.83. The van der Waals surface area contributed by atoms with Crippen LogP contribution in [-0.4, -0.2) is 13.5 Å². The van der Waals surface area contributed by atoms with Gasteiger partial charge in [0.05, 0.1) is 6.26 Å². The molecule has 0 unspecified atom stereocenters. The molecule has 0 atom stereocenters. The zero-order valence-corrected chi connectivity index (χ0v) is 3.77. The molecule has 0 amide bonds. The molecule has 0 heterocycles. The van der Waals surface area contributed by atoms with Gasteiger partial charge in [0.15, 0.2) is 0 Å². The molecular weight excluding hydrogens is 104 g/mol. The summed E-state index contributed by atoms with van der Waals surface area (Å²) in [4.78, 5) is 0. The topological polar surface area (TPSA) is 54.4 Å². The van der Waals surface area contributed by atoms with E-state index in [1.54, 1.807) is 0 Å². The van der Waals surface area contributed by atoms with Gasteiger partial charge in [0.25, 0.3) is 0 Å². The third-order valence-corrected chi connectivity index (χ3v) is 0. The Morgan fingerprint density at radius 1 is 1.67 bits per heavy atom. The van der Waals surface area contributed by atoms with Gasteiger partial charge in [-0.2, -0.15) is 8.42 Å². The van der Waals surface area contributed by atoms with Crippen LogP contribution < -0.4 is 0 Å².